The summed E-state index contributed by atoms with van der Waals surface area (Å²) in [6, 6.07) is -0.0116. The highest BCUT2D eigenvalue weighted by Gasteiger charge is 2.26. The Morgan fingerprint density at radius 1 is 1.73 bits per heavy atom. The molecule has 0 saturated carbocycles. The first-order valence-corrected chi connectivity index (χ1v) is 3.81. The molecule has 0 amide bonds. The van der Waals surface area contributed by atoms with Gasteiger partial charge in [0.2, 0.25) is 0 Å². The lowest BCUT2D eigenvalue weighted by atomic mass is 9.99. The molecule has 3 N–H and O–H groups in total. The summed E-state index contributed by atoms with van der Waals surface area (Å²) in [5.41, 5.74) is 2.35. The van der Waals surface area contributed by atoms with Crippen LogP contribution in [0.3, 0.4) is 0 Å². The van der Waals surface area contributed by atoms with E-state index in [-0.39, 0.29) is 11.6 Å². The zero-order valence-corrected chi connectivity index (χ0v) is 7.55. The average Bonchev–Trinajstić information content (AvgIpc) is 1.89. The highest BCUT2D eigenvalue weighted by atomic mass is 16.5. The first-order chi connectivity index (χ1) is 5.08. The number of ether oxygens (including phenoxy) is 1. The molecule has 1 unspecified atom stereocenters. The molecule has 0 heterocycles. The molecule has 0 aliphatic carbocycles. The van der Waals surface area contributed by atoms with Gasteiger partial charge in [-0.1, -0.05) is 6.08 Å². The first kappa shape index (κ1) is 10.6. The van der Waals surface area contributed by atoms with Gasteiger partial charge in [0, 0.05) is 6.61 Å². The van der Waals surface area contributed by atoms with Crippen LogP contribution in [0.1, 0.15) is 20.8 Å². The minimum atomic E-state index is -0.286. The summed E-state index contributed by atoms with van der Waals surface area (Å²) in [5.74, 6) is 5.30. The van der Waals surface area contributed by atoms with E-state index in [2.05, 4.69) is 12.0 Å². The van der Waals surface area contributed by atoms with Gasteiger partial charge < -0.3 is 4.74 Å². The maximum atomic E-state index is 5.46. The standard InChI is InChI=1S/C8H18N2O/c1-5-7(10-9)8(3,4)11-6-2/h5,7,10H,1,6,9H2,2-4H3. The molecule has 3 nitrogen and oxygen atoms in total. The zero-order valence-electron chi connectivity index (χ0n) is 7.55. The Kier molecular flexibility index (Phi) is 4.33. The average molecular weight is 158 g/mol. The minimum absolute atomic E-state index is 0.0116. The summed E-state index contributed by atoms with van der Waals surface area (Å²) in [6.07, 6.45) is 1.75. The Balaban J connectivity index is 4.11. The van der Waals surface area contributed by atoms with Gasteiger partial charge in [0.15, 0.2) is 0 Å². The number of hydrogen-bond donors (Lipinski definition) is 2. The van der Waals surface area contributed by atoms with E-state index >= 15 is 0 Å². The second kappa shape index (κ2) is 4.49. The number of nitrogens with two attached hydrogens (primary N) is 1. The SMILES string of the molecule is C=CC(NN)C(C)(C)OCC. The lowest BCUT2D eigenvalue weighted by Crippen LogP contribution is -2.50. The van der Waals surface area contributed by atoms with Crippen molar-refractivity contribution in [3.05, 3.63) is 12.7 Å². The molecule has 66 valence electrons. The van der Waals surface area contributed by atoms with E-state index in [9.17, 15) is 0 Å². The number of rotatable bonds is 5. The summed E-state index contributed by atoms with van der Waals surface area (Å²) in [7, 11) is 0. The number of hydrogen-bond acceptors (Lipinski definition) is 3. The van der Waals surface area contributed by atoms with Crippen LogP contribution in [-0.2, 0) is 4.74 Å². The molecular weight excluding hydrogens is 140 g/mol. The normalized spacial score (nSPS) is 14.5. The van der Waals surface area contributed by atoms with Gasteiger partial charge in [0.25, 0.3) is 0 Å². The molecule has 0 spiro atoms. The Morgan fingerprint density at radius 2 is 2.27 bits per heavy atom. The summed E-state index contributed by atoms with van der Waals surface area (Å²) in [6.45, 7) is 10.2. The van der Waals surface area contributed by atoms with Crippen molar-refractivity contribution in [1.29, 1.82) is 0 Å². The second-order valence-electron chi connectivity index (χ2n) is 2.92. The molecule has 0 aromatic rings. The topological polar surface area (TPSA) is 47.3 Å². The highest BCUT2D eigenvalue weighted by molar-refractivity contribution is 4.96. The fraction of sp³-hybridized carbons (Fsp3) is 0.750. The third-order valence-corrected chi connectivity index (χ3v) is 1.68. The zero-order chi connectivity index (χ0) is 8.91. The van der Waals surface area contributed by atoms with Crippen molar-refractivity contribution in [2.45, 2.75) is 32.4 Å². The molecule has 0 radical (unpaired) electrons. The molecule has 0 fully saturated rings. The maximum Gasteiger partial charge on any atom is 0.0827 e. The monoisotopic (exact) mass is 158 g/mol. The summed E-state index contributed by atoms with van der Waals surface area (Å²) in [5, 5.41) is 0. The minimum Gasteiger partial charge on any atom is -0.374 e. The molecule has 0 rings (SSSR count). The van der Waals surface area contributed by atoms with Crippen LogP contribution in [0.5, 0.6) is 0 Å². The van der Waals surface area contributed by atoms with Crippen LogP contribution in [0.15, 0.2) is 12.7 Å². The van der Waals surface area contributed by atoms with Gasteiger partial charge >= 0.3 is 0 Å². The number of hydrazine groups is 1. The lowest BCUT2D eigenvalue weighted by Gasteiger charge is -2.31. The highest BCUT2D eigenvalue weighted by Crippen LogP contribution is 2.14. The predicted octanol–water partition coefficient (Wildman–Crippen LogP) is 0.819. The fourth-order valence-corrected chi connectivity index (χ4v) is 1.01. The molecule has 1 atom stereocenters. The van der Waals surface area contributed by atoms with Crippen molar-refractivity contribution >= 4 is 0 Å². The van der Waals surface area contributed by atoms with Gasteiger partial charge in [-0.05, 0) is 20.8 Å². The van der Waals surface area contributed by atoms with E-state index in [1.165, 1.54) is 0 Å². The van der Waals surface area contributed by atoms with Crippen LogP contribution in [0, 0.1) is 0 Å². The van der Waals surface area contributed by atoms with E-state index < -0.39 is 0 Å². The van der Waals surface area contributed by atoms with Gasteiger partial charge in [-0.25, -0.2) is 0 Å². The van der Waals surface area contributed by atoms with E-state index in [0.717, 1.165) is 0 Å². The largest absolute Gasteiger partial charge is 0.374 e. The maximum absolute atomic E-state index is 5.46. The van der Waals surface area contributed by atoms with Crippen LogP contribution in [0.25, 0.3) is 0 Å². The van der Waals surface area contributed by atoms with Gasteiger partial charge in [-0.3, -0.25) is 11.3 Å². The van der Waals surface area contributed by atoms with Crippen molar-refractivity contribution in [3.8, 4) is 0 Å². The quantitative estimate of drug-likeness (QED) is 0.354. The second-order valence-corrected chi connectivity index (χ2v) is 2.92. The smallest absolute Gasteiger partial charge is 0.0827 e. The Morgan fingerprint density at radius 3 is 2.55 bits per heavy atom. The summed E-state index contributed by atoms with van der Waals surface area (Å²) < 4.78 is 5.46. The Labute approximate surface area is 68.6 Å². The lowest BCUT2D eigenvalue weighted by molar-refractivity contribution is -0.0266. The van der Waals surface area contributed by atoms with Gasteiger partial charge in [0.05, 0.1) is 11.6 Å². The van der Waals surface area contributed by atoms with Crippen molar-refractivity contribution in [2.24, 2.45) is 5.84 Å². The van der Waals surface area contributed by atoms with Crippen molar-refractivity contribution < 1.29 is 4.74 Å². The van der Waals surface area contributed by atoms with E-state index in [4.69, 9.17) is 10.6 Å². The van der Waals surface area contributed by atoms with Crippen LogP contribution in [0.2, 0.25) is 0 Å². The Hall–Kier alpha value is -0.380. The molecule has 0 bridgehead atoms. The fourth-order valence-electron chi connectivity index (χ4n) is 1.01. The molecule has 0 aliphatic heterocycles. The van der Waals surface area contributed by atoms with Crippen molar-refractivity contribution in [3.63, 3.8) is 0 Å². The van der Waals surface area contributed by atoms with E-state index in [0.29, 0.717) is 6.61 Å². The van der Waals surface area contributed by atoms with Gasteiger partial charge in [-0.2, -0.15) is 0 Å². The molecular formula is C8H18N2O. The van der Waals surface area contributed by atoms with Crippen LogP contribution < -0.4 is 11.3 Å². The Bertz CT molecular complexity index is 123. The van der Waals surface area contributed by atoms with Crippen LogP contribution >= 0.6 is 0 Å². The third kappa shape index (κ3) is 3.01. The van der Waals surface area contributed by atoms with E-state index in [1.54, 1.807) is 6.08 Å². The molecule has 11 heavy (non-hydrogen) atoms. The molecule has 0 aromatic heterocycles. The van der Waals surface area contributed by atoms with Gasteiger partial charge in [-0.15, -0.1) is 6.58 Å². The molecule has 0 aliphatic rings. The van der Waals surface area contributed by atoms with Crippen LogP contribution in [0.4, 0.5) is 0 Å². The van der Waals surface area contributed by atoms with Crippen LogP contribution in [-0.4, -0.2) is 18.2 Å². The third-order valence-electron chi connectivity index (χ3n) is 1.68. The molecule has 3 heteroatoms. The van der Waals surface area contributed by atoms with Crippen molar-refractivity contribution in [1.82, 2.24) is 5.43 Å². The van der Waals surface area contributed by atoms with Crippen molar-refractivity contribution in [2.75, 3.05) is 6.61 Å². The number of nitrogens with one attached hydrogen (secondary N) is 1. The van der Waals surface area contributed by atoms with E-state index in [1.807, 2.05) is 20.8 Å². The summed E-state index contributed by atoms with van der Waals surface area (Å²) in [4.78, 5) is 0. The summed E-state index contributed by atoms with van der Waals surface area (Å²) >= 11 is 0. The van der Waals surface area contributed by atoms with Gasteiger partial charge in [0.1, 0.15) is 0 Å². The predicted molar refractivity (Wildman–Crippen MR) is 47.0 cm³/mol. The molecule has 0 aromatic carbocycles. The molecule has 0 saturated heterocycles. The first-order valence-electron chi connectivity index (χ1n) is 3.81.